The molecule has 0 aromatic rings. The molecule has 0 N–H and O–H groups in total. The molecule has 0 aromatic heterocycles. The first kappa shape index (κ1) is 11.7. The van der Waals surface area contributed by atoms with E-state index < -0.39 is 0 Å². The minimum Gasteiger partial charge on any atom is -0.309 e. The van der Waals surface area contributed by atoms with Gasteiger partial charge in [0.2, 0.25) is 0 Å². The third kappa shape index (κ3) is 11.5. The summed E-state index contributed by atoms with van der Waals surface area (Å²) in [5.41, 5.74) is 0. The molecule has 0 aliphatic carbocycles. The summed E-state index contributed by atoms with van der Waals surface area (Å²) in [7, 11) is 4.24. The van der Waals surface area contributed by atoms with E-state index in [1.54, 1.807) is 0 Å². The average molecular weight is 131 g/mol. The molecule has 0 saturated carbocycles. The predicted octanol–water partition coefficient (Wildman–Crippen LogP) is 2.37. The summed E-state index contributed by atoms with van der Waals surface area (Å²) < 4.78 is 0. The van der Waals surface area contributed by atoms with Crippen molar-refractivity contribution < 1.29 is 0 Å². The van der Waals surface area contributed by atoms with Crippen molar-refractivity contribution in [2.45, 2.75) is 33.6 Å². The van der Waals surface area contributed by atoms with Crippen LogP contribution in [0.5, 0.6) is 0 Å². The number of hydrogen-bond acceptors (Lipinski definition) is 1. The molecule has 0 heterocycles. The SMILES string of the molecule is C.CCCCCN(C)C. The zero-order valence-electron chi connectivity index (χ0n) is 6.28. The predicted molar refractivity (Wildman–Crippen MR) is 44.8 cm³/mol. The lowest BCUT2D eigenvalue weighted by Gasteiger charge is -2.06. The first-order chi connectivity index (χ1) is 3.77. The molecule has 58 valence electrons. The minimum absolute atomic E-state index is 0. The van der Waals surface area contributed by atoms with Crippen LogP contribution < -0.4 is 0 Å². The van der Waals surface area contributed by atoms with Gasteiger partial charge >= 0.3 is 0 Å². The highest BCUT2D eigenvalue weighted by Gasteiger charge is 1.86. The van der Waals surface area contributed by atoms with Gasteiger partial charge in [0.15, 0.2) is 0 Å². The van der Waals surface area contributed by atoms with Crippen LogP contribution >= 0.6 is 0 Å². The van der Waals surface area contributed by atoms with Gasteiger partial charge in [-0.25, -0.2) is 0 Å². The van der Waals surface area contributed by atoms with Crippen molar-refractivity contribution in [3.63, 3.8) is 0 Å². The van der Waals surface area contributed by atoms with Gasteiger partial charge in [0.25, 0.3) is 0 Å². The lowest BCUT2D eigenvalue weighted by molar-refractivity contribution is 0.393. The van der Waals surface area contributed by atoms with Crippen molar-refractivity contribution in [3.05, 3.63) is 0 Å². The topological polar surface area (TPSA) is 3.24 Å². The fraction of sp³-hybridized carbons (Fsp3) is 1.00. The Balaban J connectivity index is 0. The quantitative estimate of drug-likeness (QED) is 0.529. The van der Waals surface area contributed by atoms with Crippen LogP contribution in [-0.4, -0.2) is 25.5 Å². The first-order valence-electron chi connectivity index (χ1n) is 3.42. The van der Waals surface area contributed by atoms with E-state index in [0.29, 0.717) is 0 Å². The maximum Gasteiger partial charge on any atom is -0.00248 e. The van der Waals surface area contributed by atoms with E-state index >= 15 is 0 Å². The summed E-state index contributed by atoms with van der Waals surface area (Å²) in [5, 5.41) is 0. The summed E-state index contributed by atoms with van der Waals surface area (Å²) in [4.78, 5) is 2.23. The molecule has 0 aliphatic rings. The molecule has 0 fully saturated rings. The van der Waals surface area contributed by atoms with Crippen molar-refractivity contribution in [2.24, 2.45) is 0 Å². The summed E-state index contributed by atoms with van der Waals surface area (Å²) >= 11 is 0. The lowest BCUT2D eigenvalue weighted by Crippen LogP contribution is -2.12. The summed E-state index contributed by atoms with van der Waals surface area (Å²) in [5.74, 6) is 0. The molecule has 0 amide bonds. The Morgan fingerprint density at radius 3 is 2.00 bits per heavy atom. The van der Waals surface area contributed by atoms with Crippen LogP contribution in [0.4, 0.5) is 0 Å². The molecule has 1 heteroatoms. The summed E-state index contributed by atoms with van der Waals surface area (Å²) in [6.45, 7) is 3.48. The van der Waals surface area contributed by atoms with Crippen molar-refractivity contribution in [1.82, 2.24) is 4.90 Å². The molecule has 0 aromatic carbocycles. The van der Waals surface area contributed by atoms with Crippen LogP contribution in [0, 0.1) is 0 Å². The highest BCUT2D eigenvalue weighted by molar-refractivity contribution is 4.42. The fourth-order valence-corrected chi connectivity index (χ4v) is 0.678. The summed E-state index contributed by atoms with van der Waals surface area (Å²) in [6, 6.07) is 0. The van der Waals surface area contributed by atoms with E-state index in [4.69, 9.17) is 0 Å². The van der Waals surface area contributed by atoms with Crippen molar-refractivity contribution in [3.8, 4) is 0 Å². The lowest BCUT2D eigenvalue weighted by atomic mass is 10.2. The zero-order chi connectivity index (χ0) is 6.41. The molecular formula is C8H21N. The molecule has 0 saturated heterocycles. The average Bonchev–Trinajstić information content (AvgIpc) is 1.66. The Kier molecular flexibility index (Phi) is 10.4. The molecule has 0 spiro atoms. The van der Waals surface area contributed by atoms with E-state index in [1.807, 2.05) is 0 Å². The number of unbranched alkanes of at least 4 members (excludes halogenated alkanes) is 2. The molecule has 0 radical (unpaired) electrons. The van der Waals surface area contributed by atoms with Crippen LogP contribution in [0.3, 0.4) is 0 Å². The molecule has 1 nitrogen and oxygen atoms in total. The van der Waals surface area contributed by atoms with Crippen molar-refractivity contribution in [2.75, 3.05) is 20.6 Å². The van der Waals surface area contributed by atoms with E-state index in [-0.39, 0.29) is 7.43 Å². The van der Waals surface area contributed by atoms with Crippen LogP contribution in [0.1, 0.15) is 33.6 Å². The standard InChI is InChI=1S/C7H17N.CH4/c1-4-5-6-7-8(2)3;/h4-7H2,1-3H3;1H4. The largest absolute Gasteiger partial charge is 0.309 e. The molecule has 0 atom stereocenters. The highest BCUT2D eigenvalue weighted by atomic mass is 15.0. The molecule has 0 bridgehead atoms. The van der Waals surface area contributed by atoms with Crippen molar-refractivity contribution in [1.29, 1.82) is 0 Å². The van der Waals surface area contributed by atoms with E-state index in [2.05, 4.69) is 25.9 Å². The van der Waals surface area contributed by atoms with Crippen LogP contribution in [0.2, 0.25) is 0 Å². The van der Waals surface area contributed by atoms with Crippen LogP contribution in [-0.2, 0) is 0 Å². The summed E-state index contributed by atoms with van der Waals surface area (Å²) in [6.07, 6.45) is 4.05. The van der Waals surface area contributed by atoms with Gasteiger partial charge in [0.05, 0.1) is 0 Å². The Labute approximate surface area is 60.1 Å². The van der Waals surface area contributed by atoms with E-state index in [9.17, 15) is 0 Å². The van der Waals surface area contributed by atoms with Gasteiger partial charge in [-0.1, -0.05) is 27.2 Å². The molecule has 0 unspecified atom stereocenters. The Morgan fingerprint density at radius 2 is 1.67 bits per heavy atom. The minimum atomic E-state index is 0. The fourth-order valence-electron chi connectivity index (χ4n) is 0.678. The maximum atomic E-state index is 2.23. The number of rotatable bonds is 4. The Morgan fingerprint density at radius 1 is 1.11 bits per heavy atom. The van der Waals surface area contributed by atoms with Gasteiger partial charge in [-0.3, -0.25) is 0 Å². The second-order valence-corrected chi connectivity index (χ2v) is 2.51. The Bertz CT molecular complexity index is 41.8. The van der Waals surface area contributed by atoms with Gasteiger partial charge in [-0.15, -0.1) is 0 Å². The Hall–Kier alpha value is -0.0400. The first-order valence-corrected chi connectivity index (χ1v) is 3.42. The smallest absolute Gasteiger partial charge is 0.00248 e. The van der Waals surface area contributed by atoms with Crippen molar-refractivity contribution >= 4 is 0 Å². The third-order valence-electron chi connectivity index (χ3n) is 1.21. The second-order valence-electron chi connectivity index (χ2n) is 2.51. The number of nitrogens with zero attached hydrogens (tertiary/aromatic N) is 1. The maximum absolute atomic E-state index is 2.23. The van der Waals surface area contributed by atoms with Gasteiger partial charge in [-0.2, -0.15) is 0 Å². The second kappa shape index (κ2) is 7.96. The molecule has 9 heavy (non-hydrogen) atoms. The third-order valence-corrected chi connectivity index (χ3v) is 1.21. The van der Waals surface area contributed by atoms with Gasteiger partial charge in [0.1, 0.15) is 0 Å². The van der Waals surface area contributed by atoms with Gasteiger partial charge in [0, 0.05) is 0 Å². The molecule has 0 rings (SSSR count). The van der Waals surface area contributed by atoms with Gasteiger partial charge in [-0.05, 0) is 27.1 Å². The normalized spacial score (nSPS) is 9.33. The van der Waals surface area contributed by atoms with Gasteiger partial charge < -0.3 is 4.90 Å². The van der Waals surface area contributed by atoms with E-state index in [1.165, 1.54) is 25.8 Å². The monoisotopic (exact) mass is 131 g/mol. The molecular weight excluding hydrogens is 110 g/mol. The van der Waals surface area contributed by atoms with Crippen LogP contribution in [0.25, 0.3) is 0 Å². The highest BCUT2D eigenvalue weighted by Crippen LogP contribution is 1.93. The molecule has 0 aliphatic heterocycles. The van der Waals surface area contributed by atoms with Crippen LogP contribution in [0.15, 0.2) is 0 Å². The van der Waals surface area contributed by atoms with E-state index in [0.717, 1.165) is 0 Å². The zero-order valence-corrected chi connectivity index (χ0v) is 6.28. The number of hydrogen-bond donors (Lipinski definition) is 0.